The summed E-state index contributed by atoms with van der Waals surface area (Å²) in [5.74, 6) is 0. The lowest BCUT2D eigenvalue weighted by atomic mass is 10.5. The summed E-state index contributed by atoms with van der Waals surface area (Å²) in [5.41, 5.74) is 0. The molecule has 2 nitrogen and oxygen atoms in total. The molecule has 0 aromatic rings. The van der Waals surface area contributed by atoms with Gasteiger partial charge in [-0.1, -0.05) is 13.8 Å². The van der Waals surface area contributed by atoms with Crippen molar-refractivity contribution in [2.24, 2.45) is 0 Å². The molecule has 82 valence electrons. The Balaban J connectivity index is 0. The highest BCUT2D eigenvalue weighted by Crippen LogP contribution is 1.91. The van der Waals surface area contributed by atoms with Crippen LogP contribution in [0.4, 0.5) is 0 Å². The smallest absolute Gasteiger partial charge is 0.0753 e. The standard InChI is InChI=1S/C6H16N.C5H13N/c1-5-7(3,4)6-2;1-4-6(3)5-2/h5-6H2,1-4H3;4-5H2,1-3H3/q+1;. The van der Waals surface area contributed by atoms with E-state index in [-0.39, 0.29) is 0 Å². The third-order valence-electron chi connectivity index (χ3n) is 2.79. The van der Waals surface area contributed by atoms with E-state index in [1.807, 2.05) is 0 Å². The van der Waals surface area contributed by atoms with Gasteiger partial charge in [0.1, 0.15) is 0 Å². The predicted octanol–water partition coefficient (Wildman–Crippen LogP) is 2.06. The Labute approximate surface area is 85.1 Å². The van der Waals surface area contributed by atoms with E-state index < -0.39 is 0 Å². The van der Waals surface area contributed by atoms with Crippen LogP contribution >= 0.6 is 0 Å². The van der Waals surface area contributed by atoms with Gasteiger partial charge in [-0.2, -0.15) is 0 Å². The van der Waals surface area contributed by atoms with Crippen molar-refractivity contribution >= 4 is 0 Å². The zero-order chi connectivity index (χ0) is 10.9. The molecule has 0 bridgehead atoms. The molecule has 0 saturated carbocycles. The number of hydrogen-bond donors (Lipinski definition) is 0. The van der Waals surface area contributed by atoms with Crippen molar-refractivity contribution < 1.29 is 4.48 Å². The summed E-state index contributed by atoms with van der Waals surface area (Å²) in [6.07, 6.45) is 0. The van der Waals surface area contributed by atoms with Crippen molar-refractivity contribution in [3.05, 3.63) is 0 Å². The second kappa shape index (κ2) is 8.52. The molecule has 0 N–H and O–H groups in total. The van der Waals surface area contributed by atoms with Crippen molar-refractivity contribution in [2.75, 3.05) is 47.3 Å². The van der Waals surface area contributed by atoms with Crippen LogP contribution in [-0.4, -0.2) is 56.7 Å². The van der Waals surface area contributed by atoms with Gasteiger partial charge >= 0.3 is 0 Å². The van der Waals surface area contributed by atoms with Crippen LogP contribution in [0.2, 0.25) is 0 Å². The molecule has 0 atom stereocenters. The minimum Gasteiger partial charge on any atom is -0.329 e. The SMILES string of the molecule is CCN(C)CC.CC[N+](C)(C)CC. The van der Waals surface area contributed by atoms with E-state index in [0.717, 1.165) is 17.6 Å². The summed E-state index contributed by atoms with van der Waals surface area (Å²) in [7, 11) is 6.58. The van der Waals surface area contributed by atoms with E-state index in [9.17, 15) is 0 Å². The zero-order valence-corrected chi connectivity index (χ0v) is 10.7. The van der Waals surface area contributed by atoms with Crippen molar-refractivity contribution in [3.63, 3.8) is 0 Å². The van der Waals surface area contributed by atoms with E-state index in [4.69, 9.17) is 0 Å². The second-order valence-corrected chi connectivity index (χ2v) is 4.06. The lowest BCUT2D eigenvalue weighted by Gasteiger charge is -2.25. The quantitative estimate of drug-likeness (QED) is 0.612. The fourth-order valence-corrected chi connectivity index (χ4v) is 0.447. The molecule has 0 aromatic heterocycles. The van der Waals surface area contributed by atoms with Gasteiger partial charge in [0.05, 0.1) is 27.2 Å². The van der Waals surface area contributed by atoms with E-state index in [2.05, 4.69) is 53.7 Å². The lowest BCUT2D eigenvalue weighted by molar-refractivity contribution is -0.886. The van der Waals surface area contributed by atoms with Gasteiger partial charge in [0, 0.05) is 0 Å². The van der Waals surface area contributed by atoms with E-state index >= 15 is 0 Å². The first-order valence-corrected chi connectivity index (χ1v) is 5.43. The Hall–Kier alpha value is -0.0800. The predicted molar refractivity (Wildman–Crippen MR) is 62.0 cm³/mol. The number of nitrogens with zero attached hydrogens (tertiary/aromatic N) is 2. The van der Waals surface area contributed by atoms with Gasteiger partial charge in [0.2, 0.25) is 0 Å². The van der Waals surface area contributed by atoms with Crippen LogP contribution < -0.4 is 0 Å². The molecule has 0 aliphatic rings. The monoisotopic (exact) mass is 189 g/mol. The maximum absolute atomic E-state index is 2.25. The highest BCUT2D eigenvalue weighted by atomic mass is 15.3. The molecule has 0 aliphatic carbocycles. The maximum Gasteiger partial charge on any atom is 0.0753 e. The summed E-state index contributed by atoms with van der Waals surface area (Å²) in [5, 5.41) is 0. The Morgan fingerprint density at radius 1 is 0.846 bits per heavy atom. The van der Waals surface area contributed by atoms with Crippen molar-refractivity contribution in [1.29, 1.82) is 0 Å². The summed E-state index contributed by atoms with van der Waals surface area (Å²) in [4.78, 5) is 2.25. The van der Waals surface area contributed by atoms with Crippen LogP contribution in [0.3, 0.4) is 0 Å². The first kappa shape index (κ1) is 15.4. The zero-order valence-electron chi connectivity index (χ0n) is 10.7. The fraction of sp³-hybridized carbons (Fsp3) is 1.00. The van der Waals surface area contributed by atoms with Crippen molar-refractivity contribution in [2.45, 2.75) is 27.7 Å². The molecule has 0 saturated heterocycles. The third-order valence-corrected chi connectivity index (χ3v) is 2.79. The van der Waals surface area contributed by atoms with Gasteiger partial charge in [-0.3, -0.25) is 0 Å². The number of hydrogen-bond acceptors (Lipinski definition) is 1. The van der Waals surface area contributed by atoms with Gasteiger partial charge < -0.3 is 9.38 Å². The number of quaternary nitrogens is 1. The fourth-order valence-electron chi connectivity index (χ4n) is 0.447. The Morgan fingerprint density at radius 2 is 1.15 bits per heavy atom. The van der Waals surface area contributed by atoms with E-state index in [0.29, 0.717) is 0 Å². The third kappa shape index (κ3) is 11.9. The van der Waals surface area contributed by atoms with Crippen LogP contribution in [0, 0.1) is 0 Å². The molecule has 0 rings (SSSR count). The number of rotatable bonds is 4. The topological polar surface area (TPSA) is 3.24 Å². The molecular weight excluding hydrogens is 160 g/mol. The van der Waals surface area contributed by atoms with Gasteiger partial charge in [-0.25, -0.2) is 0 Å². The Morgan fingerprint density at radius 3 is 1.15 bits per heavy atom. The van der Waals surface area contributed by atoms with Gasteiger partial charge in [-0.15, -0.1) is 0 Å². The first-order chi connectivity index (χ1) is 5.93. The van der Waals surface area contributed by atoms with Crippen LogP contribution in [0.15, 0.2) is 0 Å². The molecule has 0 amide bonds. The lowest BCUT2D eigenvalue weighted by Crippen LogP contribution is -2.38. The van der Waals surface area contributed by atoms with E-state index in [1.165, 1.54) is 13.1 Å². The van der Waals surface area contributed by atoms with Gasteiger partial charge in [-0.05, 0) is 34.0 Å². The molecular formula is C11H29N2+. The van der Waals surface area contributed by atoms with Crippen LogP contribution in [0.25, 0.3) is 0 Å². The molecule has 0 aromatic carbocycles. The summed E-state index contributed by atoms with van der Waals surface area (Å²) < 4.78 is 1.14. The minimum atomic E-state index is 1.14. The van der Waals surface area contributed by atoms with Crippen LogP contribution in [0.1, 0.15) is 27.7 Å². The van der Waals surface area contributed by atoms with Gasteiger partial charge in [0.25, 0.3) is 0 Å². The molecule has 0 aliphatic heterocycles. The Bertz CT molecular complexity index is 90.3. The van der Waals surface area contributed by atoms with Crippen LogP contribution in [0.5, 0.6) is 0 Å². The molecule has 0 unspecified atom stereocenters. The minimum absolute atomic E-state index is 1.14. The summed E-state index contributed by atoms with van der Waals surface area (Å²) in [6, 6.07) is 0. The van der Waals surface area contributed by atoms with E-state index in [1.54, 1.807) is 0 Å². The molecule has 13 heavy (non-hydrogen) atoms. The molecule has 0 fully saturated rings. The average Bonchev–Trinajstić information content (AvgIpc) is 2.17. The Kier molecular flexibility index (Phi) is 10.1. The average molecular weight is 189 g/mol. The molecule has 0 heterocycles. The second-order valence-electron chi connectivity index (χ2n) is 4.06. The maximum atomic E-state index is 2.25. The molecule has 0 radical (unpaired) electrons. The first-order valence-electron chi connectivity index (χ1n) is 5.43. The van der Waals surface area contributed by atoms with Gasteiger partial charge in [0.15, 0.2) is 0 Å². The van der Waals surface area contributed by atoms with Crippen molar-refractivity contribution in [3.8, 4) is 0 Å². The molecule has 2 heteroatoms. The highest BCUT2D eigenvalue weighted by Gasteiger charge is 2.04. The summed E-state index contributed by atoms with van der Waals surface area (Å²) in [6.45, 7) is 13.5. The van der Waals surface area contributed by atoms with Crippen LogP contribution in [-0.2, 0) is 0 Å². The largest absolute Gasteiger partial charge is 0.329 e. The summed E-state index contributed by atoms with van der Waals surface area (Å²) >= 11 is 0. The highest BCUT2D eigenvalue weighted by molar-refractivity contribution is 4.36. The molecule has 0 spiro atoms. The normalized spacial score (nSPS) is 11.1. The van der Waals surface area contributed by atoms with Crippen molar-refractivity contribution in [1.82, 2.24) is 4.90 Å².